The van der Waals surface area contributed by atoms with E-state index >= 15 is 0 Å². The number of halogens is 4. The van der Waals surface area contributed by atoms with Crippen molar-refractivity contribution in [1.82, 2.24) is 0 Å². The second-order valence-corrected chi connectivity index (χ2v) is 5.49. The van der Waals surface area contributed by atoms with Gasteiger partial charge in [-0.2, -0.15) is 21.6 Å². The predicted molar refractivity (Wildman–Crippen MR) is 59.5 cm³/mol. The molecule has 0 spiro atoms. The molecule has 0 amide bonds. The number of rotatable bonds is 2. The maximum atomic E-state index is 12.0. The Morgan fingerprint density at radius 3 is 2.38 bits per heavy atom. The van der Waals surface area contributed by atoms with Crippen LogP contribution in [0.15, 0.2) is 18.2 Å². The van der Waals surface area contributed by atoms with Crippen LogP contribution in [0.4, 0.5) is 13.2 Å². The van der Waals surface area contributed by atoms with Gasteiger partial charge in [-0.05, 0) is 41.1 Å². The summed E-state index contributed by atoms with van der Waals surface area (Å²) in [5, 5.41) is 0. The highest BCUT2D eigenvalue weighted by atomic mass is 127. The van der Waals surface area contributed by atoms with Gasteiger partial charge in [-0.3, -0.25) is 0 Å². The van der Waals surface area contributed by atoms with Gasteiger partial charge in [-0.25, -0.2) is 0 Å². The van der Waals surface area contributed by atoms with Gasteiger partial charge >= 0.3 is 15.6 Å². The third-order valence-corrected chi connectivity index (χ3v) is 3.99. The van der Waals surface area contributed by atoms with Crippen LogP contribution in [0.25, 0.3) is 0 Å². The summed E-state index contributed by atoms with van der Waals surface area (Å²) in [6, 6.07) is 4.21. The molecule has 0 fully saturated rings. The molecule has 0 aliphatic heterocycles. The highest BCUT2D eigenvalue weighted by molar-refractivity contribution is 14.1. The molecule has 0 heterocycles. The number of aryl methyl sites for hydroxylation is 1. The van der Waals surface area contributed by atoms with E-state index in [-0.39, 0.29) is 5.75 Å². The van der Waals surface area contributed by atoms with Gasteiger partial charge in [-0.1, -0.05) is 12.1 Å². The third kappa shape index (κ3) is 2.78. The summed E-state index contributed by atoms with van der Waals surface area (Å²) in [6.45, 7) is 1.63. The molecule has 0 atom stereocenters. The van der Waals surface area contributed by atoms with Crippen molar-refractivity contribution in [3.05, 3.63) is 27.3 Å². The lowest BCUT2D eigenvalue weighted by Crippen LogP contribution is -2.28. The van der Waals surface area contributed by atoms with Crippen LogP contribution in [0.3, 0.4) is 0 Å². The fourth-order valence-electron chi connectivity index (χ4n) is 0.850. The first kappa shape index (κ1) is 13.6. The van der Waals surface area contributed by atoms with Crippen LogP contribution in [0, 0.1) is 10.5 Å². The molecule has 0 radical (unpaired) electrons. The number of alkyl halides is 3. The Balaban J connectivity index is 3.12. The lowest BCUT2D eigenvalue weighted by molar-refractivity contribution is -0.0500. The molecule has 0 N–H and O–H groups in total. The molecule has 0 saturated carbocycles. The zero-order chi connectivity index (χ0) is 12.6. The Labute approximate surface area is 104 Å². The molecule has 8 heteroatoms. The highest BCUT2D eigenvalue weighted by Crippen LogP contribution is 2.30. The van der Waals surface area contributed by atoms with Gasteiger partial charge in [0.2, 0.25) is 0 Å². The molecule has 1 aromatic rings. The summed E-state index contributed by atoms with van der Waals surface area (Å²) in [4.78, 5) is 0. The molecule has 0 aliphatic carbocycles. The topological polar surface area (TPSA) is 43.4 Å². The summed E-state index contributed by atoms with van der Waals surface area (Å²) >= 11 is 1.72. The van der Waals surface area contributed by atoms with Gasteiger partial charge < -0.3 is 4.18 Å². The van der Waals surface area contributed by atoms with Gasteiger partial charge in [0.15, 0.2) is 5.75 Å². The minimum absolute atomic E-state index is 0.321. The minimum atomic E-state index is -5.59. The maximum Gasteiger partial charge on any atom is 0.534 e. The van der Waals surface area contributed by atoms with E-state index in [1.807, 2.05) is 0 Å². The normalized spacial score (nSPS) is 12.6. The van der Waals surface area contributed by atoms with E-state index in [4.69, 9.17) is 0 Å². The van der Waals surface area contributed by atoms with Crippen LogP contribution >= 0.6 is 22.6 Å². The number of benzene rings is 1. The molecular weight excluding hydrogens is 360 g/mol. The number of hydrogen-bond acceptors (Lipinski definition) is 3. The molecule has 0 saturated heterocycles. The number of hydrogen-bond donors (Lipinski definition) is 0. The van der Waals surface area contributed by atoms with E-state index < -0.39 is 15.6 Å². The van der Waals surface area contributed by atoms with Gasteiger partial charge in [0.1, 0.15) is 0 Å². The summed E-state index contributed by atoms with van der Waals surface area (Å²) in [5.41, 5.74) is -4.78. The van der Waals surface area contributed by atoms with Crippen LogP contribution < -0.4 is 4.18 Å². The Morgan fingerprint density at radius 2 is 1.88 bits per heavy atom. The van der Waals surface area contributed by atoms with Gasteiger partial charge in [0.05, 0.1) is 3.57 Å². The first-order chi connectivity index (χ1) is 7.15. The summed E-state index contributed by atoms with van der Waals surface area (Å²) in [6.07, 6.45) is 0. The standard InChI is InChI=1S/C8H6F3IO3S/c1-5-3-2-4-6(7(5)12)15-16(13,14)8(9,10)11/h2-4H,1H3. The van der Waals surface area contributed by atoms with Crippen LogP contribution in [-0.4, -0.2) is 13.9 Å². The van der Waals surface area contributed by atoms with E-state index in [2.05, 4.69) is 4.18 Å². The fourth-order valence-corrected chi connectivity index (χ4v) is 1.94. The summed E-state index contributed by atoms with van der Waals surface area (Å²) < 4.78 is 61.9. The van der Waals surface area contributed by atoms with Crippen LogP contribution in [0.5, 0.6) is 5.75 Å². The second-order valence-electron chi connectivity index (χ2n) is 2.87. The third-order valence-electron chi connectivity index (χ3n) is 1.64. The smallest absolute Gasteiger partial charge is 0.375 e. The lowest BCUT2D eigenvalue weighted by atomic mass is 10.2. The fraction of sp³-hybridized carbons (Fsp3) is 0.250. The van der Waals surface area contributed by atoms with Crippen LogP contribution in [0.2, 0.25) is 0 Å². The average Bonchev–Trinajstić information content (AvgIpc) is 2.11. The largest absolute Gasteiger partial charge is 0.534 e. The van der Waals surface area contributed by atoms with Crippen molar-refractivity contribution in [3.8, 4) is 5.75 Å². The molecule has 0 bridgehead atoms. The average molecular weight is 366 g/mol. The van der Waals surface area contributed by atoms with E-state index in [0.717, 1.165) is 6.07 Å². The van der Waals surface area contributed by atoms with Crippen molar-refractivity contribution in [3.63, 3.8) is 0 Å². The van der Waals surface area contributed by atoms with Crippen molar-refractivity contribution in [1.29, 1.82) is 0 Å². The van der Waals surface area contributed by atoms with Gasteiger partial charge in [-0.15, -0.1) is 0 Å². The predicted octanol–water partition coefficient (Wildman–Crippen LogP) is 2.83. The molecule has 16 heavy (non-hydrogen) atoms. The molecule has 0 aliphatic rings. The first-order valence-corrected chi connectivity index (χ1v) is 6.40. The maximum absolute atomic E-state index is 12.0. The molecule has 0 aromatic heterocycles. The minimum Gasteiger partial charge on any atom is -0.375 e. The SMILES string of the molecule is Cc1cccc(OS(=O)(=O)C(F)(F)F)c1I. The quantitative estimate of drug-likeness (QED) is 0.459. The van der Waals surface area contributed by atoms with E-state index in [9.17, 15) is 21.6 Å². The molecule has 1 aromatic carbocycles. The van der Waals surface area contributed by atoms with Crippen LogP contribution in [-0.2, 0) is 10.1 Å². The molecular formula is C8H6F3IO3S. The first-order valence-electron chi connectivity index (χ1n) is 3.91. The van der Waals surface area contributed by atoms with Crippen molar-refractivity contribution < 1.29 is 25.8 Å². The molecule has 0 unspecified atom stereocenters. The Bertz CT molecular complexity index is 496. The Kier molecular flexibility index (Phi) is 3.72. The van der Waals surface area contributed by atoms with Crippen LogP contribution in [0.1, 0.15) is 5.56 Å². The molecule has 3 nitrogen and oxygen atoms in total. The molecule has 1 rings (SSSR count). The van der Waals surface area contributed by atoms with Crippen molar-refractivity contribution in [2.24, 2.45) is 0 Å². The van der Waals surface area contributed by atoms with Gasteiger partial charge in [0, 0.05) is 0 Å². The zero-order valence-corrected chi connectivity index (χ0v) is 10.9. The Hall–Kier alpha value is -0.510. The van der Waals surface area contributed by atoms with E-state index in [1.165, 1.54) is 6.07 Å². The van der Waals surface area contributed by atoms with Crippen molar-refractivity contribution in [2.75, 3.05) is 0 Å². The lowest BCUT2D eigenvalue weighted by Gasteiger charge is -2.11. The summed E-state index contributed by atoms with van der Waals surface area (Å²) in [7, 11) is -5.59. The highest BCUT2D eigenvalue weighted by Gasteiger charge is 2.48. The Morgan fingerprint density at radius 1 is 1.31 bits per heavy atom. The summed E-state index contributed by atoms with van der Waals surface area (Å²) in [5.74, 6) is -0.321. The molecule has 90 valence electrons. The van der Waals surface area contributed by atoms with E-state index in [0.29, 0.717) is 9.13 Å². The zero-order valence-electron chi connectivity index (χ0n) is 7.88. The second kappa shape index (κ2) is 4.40. The monoisotopic (exact) mass is 366 g/mol. The van der Waals surface area contributed by atoms with Crippen molar-refractivity contribution >= 4 is 32.7 Å². The van der Waals surface area contributed by atoms with E-state index in [1.54, 1.807) is 35.6 Å². The van der Waals surface area contributed by atoms with Crippen molar-refractivity contribution in [2.45, 2.75) is 12.4 Å². The van der Waals surface area contributed by atoms with Gasteiger partial charge in [0.25, 0.3) is 0 Å².